The predicted octanol–water partition coefficient (Wildman–Crippen LogP) is 4.05. The lowest BCUT2D eigenvalue weighted by Gasteiger charge is -2.28. The Morgan fingerprint density at radius 2 is 2.00 bits per heavy atom. The summed E-state index contributed by atoms with van der Waals surface area (Å²) in [7, 11) is 0. The molecular weight excluding hydrogens is 314 g/mol. The van der Waals surface area contributed by atoms with Crippen molar-refractivity contribution in [2.75, 3.05) is 13.1 Å². The molecule has 2 nitrogen and oxygen atoms in total. The second-order valence-electron chi connectivity index (χ2n) is 4.76. The Morgan fingerprint density at radius 3 is 2.61 bits per heavy atom. The van der Waals surface area contributed by atoms with Gasteiger partial charge in [-0.05, 0) is 43.4 Å². The van der Waals surface area contributed by atoms with E-state index < -0.39 is 5.38 Å². The highest BCUT2D eigenvalue weighted by molar-refractivity contribution is 9.10. The number of likely N-dealkylation sites (tertiary alicyclic amines) is 1. The van der Waals surface area contributed by atoms with Gasteiger partial charge >= 0.3 is 0 Å². The normalized spacial score (nSPS) is 17.6. The summed E-state index contributed by atoms with van der Waals surface area (Å²) in [6, 6.07) is 5.84. The second-order valence-corrected chi connectivity index (χ2v) is 6.05. The first-order valence-electron chi connectivity index (χ1n) is 6.28. The monoisotopic (exact) mass is 329 g/mol. The number of rotatable bonds is 2. The van der Waals surface area contributed by atoms with E-state index in [1.54, 1.807) is 0 Å². The van der Waals surface area contributed by atoms with Gasteiger partial charge in [0.2, 0.25) is 5.91 Å². The maximum absolute atomic E-state index is 12.3. The van der Waals surface area contributed by atoms with Gasteiger partial charge in [-0.3, -0.25) is 4.79 Å². The Morgan fingerprint density at radius 1 is 1.33 bits per heavy atom. The van der Waals surface area contributed by atoms with Crippen LogP contribution in [0.2, 0.25) is 0 Å². The summed E-state index contributed by atoms with van der Waals surface area (Å²) in [5.41, 5.74) is 1.98. The van der Waals surface area contributed by atoms with Crippen molar-refractivity contribution < 1.29 is 4.79 Å². The summed E-state index contributed by atoms with van der Waals surface area (Å²) in [6.07, 6.45) is 3.40. The lowest BCUT2D eigenvalue weighted by molar-refractivity contribution is -0.131. The molecular formula is C14H17BrClNO. The molecule has 2 rings (SSSR count). The molecule has 1 heterocycles. The first-order valence-corrected chi connectivity index (χ1v) is 7.51. The summed E-state index contributed by atoms with van der Waals surface area (Å²) in [4.78, 5) is 14.2. The number of halogens is 2. The lowest BCUT2D eigenvalue weighted by atomic mass is 10.1. The molecule has 1 saturated heterocycles. The molecule has 1 aliphatic rings. The third-order valence-corrected chi connectivity index (χ3v) is 4.69. The first kappa shape index (κ1) is 13.9. The van der Waals surface area contributed by atoms with E-state index in [9.17, 15) is 4.79 Å². The smallest absolute Gasteiger partial charge is 0.245 e. The third-order valence-electron chi connectivity index (χ3n) is 3.36. The van der Waals surface area contributed by atoms with Crippen LogP contribution in [0.3, 0.4) is 0 Å². The molecule has 98 valence electrons. The number of benzene rings is 1. The minimum absolute atomic E-state index is 0.0399. The summed E-state index contributed by atoms with van der Waals surface area (Å²) in [5.74, 6) is 0.0399. The van der Waals surface area contributed by atoms with Crippen LogP contribution in [0.4, 0.5) is 0 Å². The van der Waals surface area contributed by atoms with E-state index in [1.807, 2.05) is 30.0 Å². The minimum Gasteiger partial charge on any atom is -0.341 e. The molecule has 0 aromatic heterocycles. The van der Waals surface area contributed by atoms with Crippen molar-refractivity contribution in [2.45, 2.75) is 31.6 Å². The molecule has 0 saturated carbocycles. The molecule has 0 bridgehead atoms. The molecule has 1 aliphatic heterocycles. The number of aryl methyl sites for hydroxylation is 1. The zero-order valence-corrected chi connectivity index (χ0v) is 12.8. The average Bonchev–Trinajstić information content (AvgIpc) is 2.41. The molecule has 0 aliphatic carbocycles. The van der Waals surface area contributed by atoms with Gasteiger partial charge in [-0.2, -0.15) is 0 Å². The molecule has 1 fully saturated rings. The number of piperidine rings is 1. The van der Waals surface area contributed by atoms with Crippen LogP contribution >= 0.6 is 27.5 Å². The average molecular weight is 331 g/mol. The van der Waals surface area contributed by atoms with Crippen LogP contribution in [0.1, 0.15) is 35.8 Å². The topological polar surface area (TPSA) is 20.3 Å². The van der Waals surface area contributed by atoms with E-state index in [0.717, 1.165) is 41.5 Å². The van der Waals surface area contributed by atoms with Gasteiger partial charge in [0.25, 0.3) is 0 Å². The van der Waals surface area contributed by atoms with Crippen LogP contribution < -0.4 is 0 Å². The van der Waals surface area contributed by atoms with E-state index >= 15 is 0 Å². The van der Waals surface area contributed by atoms with Crippen LogP contribution in [0.15, 0.2) is 22.7 Å². The Balaban J connectivity index is 2.11. The molecule has 1 unspecified atom stereocenters. The van der Waals surface area contributed by atoms with Gasteiger partial charge < -0.3 is 4.90 Å². The molecule has 1 amide bonds. The van der Waals surface area contributed by atoms with E-state index in [2.05, 4.69) is 15.9 Å². The highest BCUT2D eigenvalue weighted by Crippen LogP contribution is 2.27. The zero-order valence-electron chi connectivity index (χ0n) is 10.5. The van der Waals surface area contributed by atoms with Gasteiger partial charge in [-0.1, -0.05) is 28.1 Å². The summed E-state index contributed by atoms with van der Waals surface area (Å²) in [6.45, 7) is 3.69. The number of alkyl halides is 1. The fraction of sp³-hybridized carbons (Fsp3) is 0.500. The molecule has 0 radical (unpaired) electrons. The molecule has 1 aromatic rings. The predicted molar refractivity (Wildman–Crippen MR) is 77.9 cm³/mol. The number of amides is 1. The van der Waals surface area contributed by atoms with Gasteiger partial charge in [-0.25, -0.2) is 0 Å². The minimum atomic E-state index is -0.560. The van der Waals surface area contributed by atoms with Crippen LogP contribution in [0.25, 0.3) is 0 Å². The molecule has 1 atom stereocenters. The highest BCUT2D eigenvalue weighted by Gasteiger charge is 2.25. The van der Waals surface area contributed by atoms with Gasteiger partial charge in [-0.15, -0.1) is 11.6 Å². The number of hydrogen-bond donors (Lipinski definition) is 0. The maximum atomic E-state index is 12.3. The van der Waals surface area contributed by atoms with E-state index in [-0.39, 0.29) is 5.91 Å². The van der Waals surface area contributed by atoms with Crippen molar-refractivity contribution in [1.82, 2.24) is 4.90 Å². The van der Waals surface area contributed by atoms with Crippen LogP contribution in [0.5, 0.6) is 0 Å². The Kier molecular flexibility index (Phi) is 4.68. The van der Waals surface area contributed by atoms with Crippen LogP contribution in [-0.4, -0.2) is 23.9 Å². The summed E-state index contributed by atoms with van der Waals surface area (Å²) in [5, 5.41) is -0.560. The Bertz CT molecular complexity index is 443. The first-order chi connectivity index (χ1) is 8.59. The van der Waals surface area contributed by atoms with Gasteiger partial charge in [0.1, 0.15) is 5.38 Å². The van der Waals surface area contributed by atoms with Crippen molar-refractivity contribution in [2.24, 2.45) is 0 Å². The zero-order chi connectivity index (χ0) is 13.1. The van der Waals surface area contributed by atoms with Crippen molar-refractivity contribution in [3.63, 3.8) is 0 Å². The summed E-state index contributed by atoms with van der Waals surface area (Å²) < 4.78 is 1.04. The van der Waals surface area contributed by atoms with E-state index in [0.29, 0.717) is 0 Å². The number of nitrogens with zero attached hydrogens (tertiary/aromatic N) is 1. The van der Waals surface area contributed by atoms with Crippen molar-refractivity contribution in [3.05, 3.63) is 33.8 Å². The number of hydrogen-bond acceptors (Lipinski definition) is 1. The number of carbonyl (C=O) groups is 1. The van der Waals surface area contributed by atoms with Crippen LogP contribution in [-0.2, 0) is 4.79 Å². The summed E-state index contributed by atoms with van der Waals surface area (Å²) >= 11 is 9.76. The fourth-order valence-electron chi connectivity index (χ4n) is 2.24. The van der Waals surface area contributed by atoms with Gasteiger partial charge in [0.15, 0.2) is 0 Å². The Labute approximate surface area is 121 Å². The standard InChI is InChI=1S/C14H17BrClNO/c1-10-9-11(5-6-12(10)15)13(16)14(18)17-7-3-2-4-8-17/h5-6,9,13H,2-4,7-8H2,1H3. The fourth-order valence-corrected chi connectivity index (χ4v) is 2.76. The Hall–Kier alpha value is -0.540. The molecule has 18 heavy (non-hydrogen) atoms. The van der Waals surface area contributed by atoms with E-state index in [1.165, 1.54) is 6.42 Å². The van der Waals surface area contributed by atoms with Crippen molar-refractivity contribution >= 4 is 33.4 Å². The molecule has 0 spiro atoms. The SMILES string of the molecule is Cc1cc(C(Cl)C(=O)N2CCCCC2)ccc1Br. The highest BCUT2D eigenvalue weighted by atomic mass is 79.9. The molecule has 1 aromatic carbocycles. The third kappa shape index (κ3) is 3.07. The van der Waals surface area contributed by atoms with Crippen molar-refractivity contribution in [3.8, 4) is 0 Å². The quantitative estimate of drug-likeness (QED) is 0.749. The lowest BCUT2D eigenvalue weighted by Crippen LogP contribution is -2.37. The van der Waals surface area contributed by atoms with Gasteiger partial charge in [0.05, 0.1) is 0 Å². The second kappa shape index (κ2) is 6.07. The molecule has 0 N–H and O–H groups in total. The number of carbonyl (C=O) groups excluding carboxylic acids is 1. The van der Waals surface area contributed by atoms with Crippen LogP contribution in [0, 0.1) is 6.92 Å². The maximum Gasteiger partial charge on any atom is 0.245 e. The van der Waals surface area contributed by atoms with Gasteiger partial charge in [0, 0.05) is 17.6 Å². The van der Waals surface area contributed by atoms with E-state index in [4.69, 9.17) is 11.6 Å². The van der Waals surface area contributed by atoms with Crippen molar-refractivity contribution in [1.29, 1.82) is 0 Å². The largest absolute Gasteiger partial charge is 0.341 e. The molecule has 4 heteroatoms.